The second-order valence-corrected chi connectivity index (χ2v) is 4.90. The van der Waals surface area contributed by atoms with Crippen LogP contribution >= 0.6 is 11.3 Å². The maximum Gasteiger partial charge on any atom is 0.677 e. The summed E-state index contributed by atoms with van der Waals surface area (Å²) in [5, 5.41) is 1.92. The molecule has 0 radical (unpaired) electrons. The van der Waals surface area contributed by atoms with E-state index in [4.69, 9.17) is 0 Å². The van der Waals surface area contributed by atoms with Gasteiger partial charge < -0.3 is 4.48 Å². The van der Waals surface area contributed by atoms with Gasteiger partial charge in [-0.3, -0.25) is 13.6 Å². The summed E-state index contributed by atoms with van der Waals surface area (Å²) in [6.07, 6.45) is 6.69. The van der Waals surface area contributed by atoms with Crippen LogP contribution in [0.5, 0.6) is 0 Å². The highest BCUT2D eigenvalue weighted by Crippen LogP contribution is 2.32. The third kappa shape index (κ3) is 2.19. The van der Waals surface area contributed by atoms with Crippen molar-refractivity contribution in [2.75, 3.05) is 0 Å². The quantitative estimate of drug-likeness (QED) is 0.759. The van der Waals surface area contributed by atoms with Gasteiger partial charge in [0, 0.05) is 22.4 Å². The normalized spacial score (nSPS) is 16.1. The number of hydrogen-bond donors (Lipinski definition) is 0. The zero-order chi connectivity index (χ0) is 13.2. The summed E-state index contributed by atoms with van der Waals surface area (Å²) >= 11 is 1.51. The molecule has 0 atom stereocenters. The van der Waals surface area contributed by atoms with Gasteiger partial charge in [-0.05, 0) is 41.9 Å². The van der Waals surface area contributed by atoms with Crippen LogP contribution < -0.4 is 0 Å². The van der Waals surface area contributed by atoms with Crippen molar-refractivity contribution in [1.29, 1.82) is 0 Å². The van der Waals surface area contributed by atoms with E-state index in [9.17, 15) is 8.63 Å². The summed E-state index contributed by atoms with van der Waals surface area (Å²) < 4.78 is 27.0. The Hall–Kier alpha value is -1.95. The highest BCUT2D eigenvalue weighted by molar-refractivity contribution is 7.11. The van der Waals surface area contributed by atoms with Crippen LogP contribution in [-0.4, -0.2) is 18.1 Å². The van der Waals surface area contributed by atoms with Gasteiger partial charge in [0.15, 0.2) is 0 Å². The van der Waals surface area contributed by atoms with E-state index in [0.717, 1.165) is 14.9 Å². The summed E-state index contributed by atoms with van der Waals surface area (Å²) in [5.41, 5.74) is 1.93. The van der Waals surface area contributed by atoms with Crippen molar-refractivity contribution >= 4 is 30.5 Å². The molecule has 0 fully saturated rings. The molecule has 0 saturated heterocycles. The van der Waals surface area contributed by atoms with E-state index in [1.165, 1.54) is 17.5 Å². The molecule has 6 heteroatoms. The van der Waals surface area contributed by atoms with E-state index < -0.39 is 7.40 Å². The lowest BCUT2D eigenvalue weighted by Gasteiger charge is -2.10. The van der Waals surface area contributed by atoms with Crippen molar-refractivity contribution in [2.45, 2.75) is 0 Å². The van der Waals surface area contributed by atoms with Gasteiger partial charge in [0.1, 0.15) is 0 Å². The number of aliphatic imine (C=N–C) groups is 1. The summed E-state index contributed by atoms with van der Waals surface area (Å²) in [4.78, 5) is 5.17. The third-order valence-corrected chi connectivity index (χ3v) is 3.71. The minimum absolute atomic E-state index is 0.483. The van der Waals surface area contributed by atoms with Crippen molar-refractivity contribution in [3.8, 4) is 0 Å². The monoisotopic (exact) mass is 274 g/mol. The van der Waals surface area contributed by atoms with Crippen LogP contribution in [0.2, 0.25) is 0 Å². The van der Waals surface area contributed by atoms with Crippen LogP contribution in [0.25, 0.3) is 5.57 Å². The maximum atomic E-state index is 13.0. The maximum absolute atomic E-state index is 13.0. The molecule has 0 N–H and O–H groups in total. The fraction of sp³-hybridized carbons (Fsp3) is 0. The van der Waals surface area contributed by atoms with E-state index in [2.05, 4.69) is 4.99 Å². The molecule has 94 valence electrons. The average molecular weight is 274 g/mol. The van der Waals surface area contributed by atoms with E-state index in [1.54, 1.807) is 24.4 Å². The largest absolute Gasteiger partial charge is 0.677 e. The Kier molecular flexibility index (Phi) is 3.17. The van der Waals surface area contributed by atoms with Gasteiger partial charge in [-0.2, -0.15) is 0 Å². The van der Waals surface area contributed by atoms with Gasteiger partial charge in [-0.1, -0.05) is 6.07 Å². The van der Waals surface area contributed by atoms with E-state index in [-0.39, 0.29) is 0 Å². The molecule has 2 nitrogen and oxygen atoms in total. The zero-order valence-electron chi connectivity index (χ0n) is 9.83. The first-order valence-corrected chi connectivity index (χ1v) is 6.59. The number of nitrogens with zero attached hydrogens (tertiary/aromatic N) is 2. The first-order valence-electron chi connectivity index (χ1n) is 5.71. The lowest BCUT2D eigenvalue weighted by atomic mass is 10.1. The molecule has 0 bridgehead atoms. The summed E-state index contributed by atoms with van der Waals surface area (Å²) in [6, 6.07) is 7.13. The first-order chi connectivity index (χ1) is 9.27. The van der Waals surface area contributed by atoms with Crippen LogP contribution in [0, 0.1) is 0 Å². The van der Waals surface area contributed by atoms with Crippen LogP contribution in [0.3, 0.4) is 0 Å². The molecule has 3 rings (SSSR count). The number of halogens is 2. The topological polar surface area (TPSA) is 17.3 Å². The van der Waals surface area contributed by atoms with Crippen LogP contribution in [0.15, 0.2) is 58.7 Å². The highest BCUT2D eigenvalue weighted by Gasteiger charge is 2.23. The van der Waals surface area contributed by atoms with E-state index in [0.29, 0.717) is 11.4 Å². The Morgan fingerprint density at radius 3 is 2.79 bits per heavy atom. The van der Waals surface area contributed by atoms with E-state index in [1.807, 2.05) is 23.6 Å². The molecular formula is C13H9BF2N2S. The number of rotatable bonds is 3. The Morgan fingerprint density at radius 1 is 1.26 bits per heavy atom. The van der Waals surface area contributed by atoms with Gasteiger partial charge in [-0.15, -0.1) is 11.3 Å². The SMILES string of the molecule is FB(F)n1cccc1/C(=C1\C=CC=N1)c1cccs1. The number of hydrogen-bond acceptors (Lipinski definition) is 2. The van der Waals surface area contributed by atoms with Crippen LogP contribution in [-0.2, 0) is 0 Å². The molecule has 0 unspecified atom stereocenters. The molecule has 1 aliphatic heterocycles. The summed E-state index contributed by atoms with van der Waals surface area (Å²) in [6.45, 7) is 0. The van der Waals surface area contributed by atoms with Crippen molar-refractivity contribution in [3.05, 3.63) is 64.3 Å². The van der Waals surface area contributed by atoms with Crippen molar-refractivity contribution in [1.82, 2.24) is 4.48 Å². The lowest BCUT2D eigenvalue weighted by molar-refractivity contribution is 0.628. The van der Waals surface area contributed by atoms with Gasteiger partial charge >= 0.3 is 7.40 Å². The van der Waals surface area contributed by atoms with Gasteiger partial charge in [0.05, 0.1) is 5.70 Å². The van der Waals surface area contributed by atoms with Crippen molar-refractivity contribution in [2.24, 2.45) is 4.99 Å². The molecule has 2 aromatic rings. The second kappa shape index (κ2) is 4.97. The van der Waals surface area contributed by atoms with Crippen molar-refractivity contribution in [3.63, 3.8) is 0 Å². The highest BCUT2D eigenvalue weighted by atomic mass is 32.1. The minimum Gasteiger partial charge on any atom is -0.332 e. The average Bonchev–Trinajstić information content (AvgIpc) is 3.12. The van der Waals surface area contributed by atoms with Gasteiger partial charge in [-0.25, -0.2) is 0 Å². The second-order valence-electron chi connectivity index (χ2n) is 3.95. The van der Waals surface area contributed by atoms with Crippen LogP contribution in [0.1, 0.15) is 10.6 Å². The molecule has 19 heavy (non-hydrogen) atoms. The fourth-order valence-corrected chi connectivity index (χ4v) is 2.82. The smallest absolute Gasteiger partial charge is 0.332 e. The predicted molar refractivity (Wildman–Crippen MR) is 75.8 cm³/mol. The Balaban J connectivity index is 2.21. The first kappa shape index (κ1) is 12.1. The molecule has 0 saturated carbocycles. The van der Waals surface area contributed by atoms with E-state index >= 15 is 0 Å². The molecule has 1 aliphatic rings. The molecule has 0 spiro atoms. The van der Waals surface area contributed by atoms with Gasteiger partial charge in [0.25, 0.3) is 0 Å². The minimum atomic E-state index is -2.56. The number of aromatic nitrogens is 1. The Bertz CT molecular complexity index is 655. The standard InChI is InChI=1S/C13H9BF2N2S/c15-14(16)18-8-2-5-11(18)13(10-4-1-7-17-10)12-6-3-9-19-12/h1-9H/b13-10-. The number of thiophene rings is 1. The number of allylic oxidation sites excluding steroid dienone is 2. The molecule has 0 aromatic carbocycles. The molecule has 0 amide bonds. The Morgan fingerprint density at radius 2 is 2.16 bits per heavy atom. The Labute approximate surface area is 113 Å². The summed E-state index contributed by atoms with van der Waals surface area (Å²) in [5.74, 6) is 0. The molecule has 0 aliphatic carbocycles. The molecular weight excluding hydrogens is 265 g/mol. The fourth-order valence-electron chi connectivity index (χ4n) is 2.03. The van der Waals surface area contributed by atoms with Crippen LogP contribution in [0.4, 0.5) is 8.63 Å². The molecule has 2 aromatic heterocycles. The summed E-state index contributed by atoms with van der Waals surface area (Å²) in [7, 11) is -2.56. The zero-order valence-corrected chi connectivity index (χ0v) is 10.6. The van der Waals surface area contributed by atoms with Crippen molar-refractivity contribution < 1.29 is 8.63 Å². The third-order valence-electron chi connectivity index (χ3n) is 2.82. The predicted octanol–water partition coefficient (Wildman–Crippen LogP) is 3.72. The molecule has 3 heterocycles. The van der Waals surface area contributed by atoms with Gasteiger partial charge in [0.2, 0.25) is 0 Å². The lowest BCUT2D eigenvalue weighted by Crippen LogP contribution is -2.14.